The molecule has 0 aromatic rings. The van der Waals surface area contributed by atoms with Gasteiger partial charge in [-0.25, -0.2) is 0 Å². The van der Waals surface area contributed by atoms with Gasteiger partial charge in [0.2, 0.25) is 0 Å². The van der Waals surface area contributed by atoms with E-state index in [1.807, 2.05) is 0 Å². The van der Waals surface area contributed by atoms with Crippen LogP contribution in [0.1, 0.15) is 59.3 Å². The lowest BCUT2D eigenvalue weighted by Gasteiger charge is -2.34. The zero-order valence-corrected chi connectivity index (χ0v) is 12.8. The second kappa shape index (κ2) is 6.71. The van der Waals surface area contributed by atoms with E-state index in [0.29, 0.717) is 24.5 Å². The predicted molar refractivity (Wildman–Crippen MR) is 75.8 cm³/mol. The summed E-state index contributed by atoms with van der Waals surface area (Å²) in [6.07, 6.45) is 6.52. The number of methoxy groups -OCH3 is 1. The summed E-state index contributed by atoms with van der Waals surface area (Å²) in [6, 6.07) is 0. The van der Waals surface area contributed by atoms with Crippen LogP contribution in [0.3, 0.4) is 0 Å². The van der Waals surface area contributed by atoms with E-state index in [4.69, 9.17) is 10.5 Å². The Morgan fingerprint density at radius 2 is 1.95 bits per heavy atom. The third-order valence-electron chi connectivity index (χ3n) is 4.13. The lowest BCUT2D eigenvalue weighted by Crippen LogP contribution is -2.45. The Balaban J connectivity index is 2.16. The molecule has 0 saturated heterocycles. The number of rotatable bonds is 6. The van der Waals surface area contributed by atoms with E-state index in [1.54, 1.807) is 6.92 Å². The van der Waals surface area contributed by atoms with Crippen LogP contribution in [0.25, 0.3) is 0 Å². The summed E-state index contributed by atoms with van der Waals surface area (Å²) in [5.74, 6) is -0.355. The average Bonchev–Trinajstić information content (AvgIpc) is 2.35. The Labute approximate surface area is 117 Å². The molecule has 4 heteroatoms. The third kappa shape index (κ3) is 5.49. The molecule has 1 saturated carbocycles. The molecule has 0 heterocycles. The van der Waals surface area contributed by atoms with Crippen molar-refractivity contribution in [3.8, 4) is 0 Å². The Bertz CT molecular complexity index is 290. The predicted octanol–water partition coefficient (Wildman–Crippen LogP) is 2.64. The van der Waals surface area contributed by atoms with Crippen molar-refractivity contribution in [2.45, 2.75) is 70.9 Å². The molecule has 1 aliphatic rings. The number of hydrogen-bond donors (Lipinski definition) is 1. The van der Waals surface area contributed by atoms with E-state index < -0.39 is 5.54 Å². The molecular weight excluding hydrogens is 242 g/mol. The summed E-state index contributed by atoms with van der Waals surface area (Å²) in [6.45, 7) is 7.02. The van der Waals surface area contributed by atoms with Gasteiger partial charge >= 0.3 is 5.97 Å². The van der Waals surface area contributed by atoms with E-state index in [1.165, 1.54) is 20.0 Å². The van der Waals surface area contributed by atoms with E-state index in [0.717, 1.165) is 19.3 Å². The smallest absolute Gasteiger partial charge is 0.325 e. The monoisotopic (exact) mass is 271 g/mol. The van der Waals surface area contributed by atoms with Crippen molar-refractivity contribution >= 4 is 5.97 Å². The summed E-state index contributed by atoms with van der Waals surface area (Å²) in [5, 5.41) is 0. The molecule has 112 valence electrons. The van der Waals surface area contributed by atoms with Crippen LogP contribution in [0, 0.1) is 5.41 Å². The summed E-state index contributed by atoms with van der Waals surface area (Å²) >= 11 is 0. The van der Waals surface area contributed by atoms with Gasteiger partial charge in [0.05, 0.1) is 13.2 Å². The van der Waals surface area contributed by atoms with Gasteiger partial charge in [0.1, 0.15) is 5.54 Å². The molecule has 2 N–H and O–H groups in total. The van der Waals surface area contributed by atoms with Crippen LogP contribution in [0.5, 0.6) is 0 Å². The third-order valence-corrected chi connectivity index (χ3v) is 4.13. The van der Waals surface area contributed by atoms with E-state index >= 15 is 0 Å². The maximum Gasteiger partial charge on any atom is 0.325 e. The molecule has 19 heavy (non-hydrogen) atoms. The molecule has 0 aliphatic heterocycles. The fourth-order valence-corrected chi connectivity index (χ4v) is 2.56. The van der Waals surface area contributed by atoms with Crippen molar-refractivity contribution in [1.29, 1.82) is 0 Å². The van der Waals surface area contributed by atoms with Gasteiger partial charge in [-0.3, -0.25) is 4.79 Å². The molecule has 0 radical (unpaired) electrons. The maximum absolute atomic E-state index is 11.4. The number of ether oxygens (including phenoxy) is 2. The molecule has 0 amide bonds. The highest BCUT2D eigenvalue weighted by atomic mass is 16.5. The Morgan fingerprint density at radius 3 is 2.47 bits per heavy atom. The fourth-order valence-electron chi connectivity index (χ4n) is 2.56. The minimum absolute atomic E-state index is 0.355. The van der Waals surface area contributed by atoms with E-state index in [2.05, 4.69) is 18.6 Å². The summed E-state index contributed by atoms with van der Waals surface area (Å²) in [4.78, 5) is 11.4. The lowest BCUT2D eigenvalue weighted by atomic mass is 9.76. The SMILES string of the molecule is COC(=O)C(C)(N)CCCOC1CCC(C)(C)CC1. The highest BCUT2D eigenvalue weighted by molar-refractivity contribution is 5.79. The average molecular weight is 271 g/mol. The highest BCUT2D eigenvalue weighted by Crippen LogP contribution is 2.36. The molecule has 1 atom stereocenters. The second-order valence-electron chi connectivity index (χ2n) is 6.75. The van der Waals surface area contributed by atoms with Crippen molar-refractivity contribution in [3.63, 3.8) is 0 Å². The van der Waals surface area contributed by atoms with Crippen molar-refractivity contribution in [3.05, 3.63) is 0 Å². The quantitative estimate of drug-likeness (QED) is 0.596. The van der Waals surface area contributed by atoms with Gasteiger partial charge in [-0.15, -0.1) is 0 Å². The van der Waals surface area contributed by atoms with Crippen LogP contribution in [-0.2, 0) is 14.3 Å². The van der Waals surface area contributed by atoms with Gasteiger partial charge in [0.25, 0.3) is 0 Å². The first-order valence-electron chi connectivity index (χ1n) is 7.26. The molecule has 1 aliphatic carbocycles. The zero-order chi connectivity index (χ0) is 14.5. The number of esters is 1. The van der Waals surface area contributed by atoms with Crippen molar-refractivity contribution < 1.29 is 14.3 Å². The topological polar surface area (TPSA) is 61.5 Å². The van der Waals surface area contributed by atoms with Crippen molar-refractivity contribution in [2.24, 2.45) is 11.1 Å². The summed E-state index contributed by atoms with van der Waals surface area (Å²) in [5.41, 5.74) is 5.47. The lowest BCUT2D eigenvalue weighted by molar-refractivity contribution is -0.146. The first-order valence-corrected chi connectivity index (χ1v) is 7.26. The van der Waals surface area contributed by atoms with E-state index in [9.17, 15) is 4.79 Å². The largest absolute Gasteiger partial charge is 0.468 e. The van der Waals surface area contributed by atoms with Gasteiger partial charge < -0.3 is 15.2 Å². The molecular formula is C15H29NO3. The standard InChI is InChI=1S/C15H29NO3/c1-14(2)9-6-12(7-10-14)19-11-5-8-15(3,16)13(17)18-4/h12H,5-11,16H2,1-4H3. The number of carbonyl (C=O) groups is 1. The van der Waals surface area contributed by atoms with Gasteiger partial charge in [-0.2, -0.15) is 0 Å². The molecule has 0 spiro atoms. The Kier molecular flexibility index (Phi) is 5.81. The van der Waals surface area contributed by atoms with Crippen molar-refractivity contribution in [1.82, 2.24) is 0 Å². The first kappa shape index (κ1) is 16.4. The Morgan fingerprint density at radius 1 is 1.37 bits per heavy atom. The minimum Gasteiger partial charge on any atom is -0.468 e. The van der Waals surface area contributed by atoms with Crippen molar-refractivity contribution in [2.75, 3.05) is 13.7 Å². The minimum atomic E-state index is -0.896. The first-order chi connectivity index (χ1) is 8.77. The molecule has 0 aromatic carbocycles. The van der Waals surface area contributed by atoms with E-state index in [-0.39, 0.29) is 5.97 Å². The number of carbonyl (C=O) groups excluding carboxylic acids is 1. The van der Waals surface area contributed by atoms with Gasteiger partial charge in [0.15, 0.2) is 0 Å². The molecule has 1 rings (SSSR count). The maximum atomic E-state index is 11.4. The molecule has 0 bridgehead atoms. The summed E-state index contributed by atoms with van der Waals surface area (Å²) < 4.78 is 10.6. The highest BCUT2D eigenvalue weighted by Gasteiger charge is 2.29. The molecule has 1 unspecified atom stereocenters. The molecule has 4 nitrogen and oxygen atoms in total. The van der Waals surface area contributed by atoms with Crippen LogP contribution in [0.4, 0.5) is 0 Å². The van der Waals surface area contributed by atoms with Gasteiger partial charge in [0, 0.05) is 6.61 Å². The Hall–Kier alpha value is -0.610. The van der Waals surface area contributed by atoms with Gasteiger partial charge in [-0.1, -0.05) is 13.8 Å². The second-order valence-corrected chi connectivity index (χ2v) is 6.75. The molecule has 1 fully saturated rings. The fraction of sp³-hybridized carbons (Fsp3) is 0.933. The van der Waals surface area contributed by atoms with Crippen LogP contribution in [-0.4, -0.2) is 31.3 Å². The summed E-state index contributed by atoms with van der Waals surface area (Å²) in [7, 11) is 1.37. The number of hydrogen-bond acceptors (Lipinski definition) is 4. The molecule has 0 aromatic heterocycles. The van der Waals surface area contributed by atoms with Gasteiger partial charge in [-0.05, 0) is 50.9 Å². The van der Waals surface area contributed by atoms with Crippen LogP contribution in [0.2, 0.25) is 0 Å². The van der Waals surface area contributed by atoms with Crippen LogP contribution in [0.15, 0.2) is 0 Å². The number of nitrogens with two attached hydrogens (primary N) is 1. The van der Waals surface area contributed by atoms with Crippen LogP contribution >= 0.6 is 0 Å². The normalized spacial score (nSPS) is 22.8. The zero-order valence-electron chi connectivity index (χ0n) is 12.8. The van der Waals surface area contributed by atoms with Crippen LogP contribution < -0.4 is 5.73 Å².